The van der Waals surface area contributed by atoms with Gasteiger partial charge in [0.05, 0.1) is 21.7 Å². The molecule has 2 amide bonds. The van der Waals surface area contributed by atoms with E-state index in [4.69, 9.17) is 4.98 Å². The number of piperidine rings is 1. The third-order valence-electron chi connectivity index (χ3n) is 7.40. The zero-order chi connectivity index (χ0) is 27.8. The maximum atomic E-state index is 13.3. The second kappa shape index (κ2) is 10.5. The number of fused-ring (bicyclic) bond motifs is 1. The van der Waals surface area contributed by atoms with Crippen molar-refractivity contribution >= 4 is 38.4 Å². The Morgan fingerprint density at radius 3 is 2.21 bits per heavy atom. The summed E-state index contributed by atoms with van der Waals surface area (Å²) in [4.78, 5) is 31.9. The molecule has 2 heterocycles. The van der Waals surface area contributed by atoms with Crippen molar-refractivity contribution in [2.75, 3.05) is 25.0 Å². The van der Waals surface area contributed by atoms with E-state index >= 15 is 0 Å². The van der Waals surface area contributed by atoms with Crippen molar-refractivity contribution < 1.29 is 18.0 Å². The number of likely N-dealkylation sites (tertiary alicyclic amines) is 1. The fourth-order valence-corrected chi connectivity index (χ4v) is 6.41. The van der Waals surface area contributed by atoms with Crippen molar-refractivity contribution in [1.29, 1.82) is 0 Å². The van der Waals surface area contributed by atoms with Crippen molar-refractivity contribution in [3.8, 4) is 0 Å². The molecule has 38 heavy (non-hydrogen) atoms. The van der Waals surface area contributed by atoms with Gasteiger partial charge in [-0.25, -0.2) is 13.4 Å². The van der Waals surface area contributed by atoms with Crippen LogP contribution < -0.4 is 4.90 Å². The van der Waals surface area contributed by atoms with Gasteiger partial charge in [0.2, 0.25) is 11.8 Å². The lowest BCUT2D eigenvalue weighted by Crippen LogP contribution is -2.38. The summed E-state index contributed by atoms with van der Waals surface area (Å²) in [6.45, 7) is 11.8. The van der Waals surface area contributed by atoms with Crippen molar-refractivity contribution in [1.82, 2.24) is 14.5 Å². The van der Waals surface area contributed by atoms with Gasteiger partial charge in [-0.2, -0.15) is 0 Å². The lowest BCUT2D eigenvalue weighted by atomic mass is 9.93. The summed E-state index contributed by atoms with van der Waals surface area (Å²) in [6.07, 6.45) is 1.88. The van der Waals surface area contributed by atoms with E-state index in [0.717, 1.165) is 43.8 Å². The van der Waals surface area contributed by atoms with E-state index in [1.807, 2.05) is 11.0 Å². The first-order valence-electron chi connectivity index (χ1n) is 13.1. The second-order valence-electron chi connectivity index (χ2n) is 11.4. The number of aromatic nitrogens is 2. The van der Waals surface area contributed by atoms with Crippen LogP contribution >= 0.6 is 0 Å². The highest BCUT2D eigenvalue weighted by molar-refractivity contribution is 7.90. The summed E-state index contributed by atoms with van der Waals surface area (Å²) in [5, 5.41) is 0. The van der Waals surface area contributed by atoms with Gasteiger partial charge in [0.1, 0.15) is 5.82 Å². The smallest absolute Gasteiger partial charge is 0.223 e. The maximum Gasteiger partial charge on any atom is 0.223 e. The minimum Gasteiger partial charge on any atom is -0.343 e. The molecular formula is C29H38N4O4S. The summed E-state index contributed by atoms with van der Waals surface area (Å²) >= 11 is 0. The monoisotopic (exact) mass is 538 g/mol. The normalized spacial score (nSPS) is 15.2. The number of rotatable bonds is 6. The van der Waals surface area contributed by atoms with E-state index in [-0.39, 0.29) is 27.9 Å². The van der Waals surface area contributed by atoms with Crippen LogP contribution in [0.25, 0.3) is 11.0 Å². The molecule has 0 aliphatic carbocycles. The average molecular weight is 539 g/mol. The Bertz CT molecular complexity index is 1440. The van der Waals surface area contributed by atoms with Gasteiger partial charge in [-0.1, -0.05) is 32.9 Å². The third-order valence-corrected chi connectivity index (χ3v) is 9.09. The van der Waals surface area contributed by atoms with Gasteiger partial charge in [-0.3, -0.25) is 9.59 Å². The molecule has 3 aromatic rings. The van der Waals surface area contributed by atoms with Gasteiger partial charge in [0, 0.05) is 51.6 Å². The molecule has 0 saturated carbocycles. The molecule has 0 atom stereocenters. The van der Waals surface area contributed by atoms with Crippen LogP contribution in [0.2, 0.25) is 0 Å². The number of nitrogens with zero attached hydrogens (tertiary/aromatic N) is 4. The van der Waals surface area contributed by atoms with Gasteiger partial charge in [0.25, 0.3) is 0 Å². The highest BCUT2D eigenvalue weighted by Crippen LogP contribution is 2.31. The molecule has 4 rings (SSSR count). The van der Waals surface area contributed by atoms with Crippen LogP contribution in [0, 0.1) is 5.92 Å². The molecule has 204 valence electrons. The molecule has 1 aliphatic rings. The summed E-state index contributed by atoms with van der Waals surface area (Å²) in [5.74, 6) is 1.26. The molecule has 1 aliphatic heterocycles. The van der Waals surface area contributed by atoms with Crippen LogP contribution in [0.3, 0.4) is 0 Å². The number of sulfone groups is 1. The van der Waals surface area contributed by atoms with E-state index in [1.54, 1.807) is 50.4 Å². The standard InChI is InChI=1S/C29H38N4O4S/c1-20(34)31(6)24-9-7-23(8-10-24)19-38(36,37)25-11-12-27-26(17-25)30-28(29(3,4)5)33(27)18-22-13-15-32(16-14-22)21(2)35/h7-12,17,22H,13-16,18-19H2,1-6H3. The van der Waals surface area contributed by atoms with E-state index in [9.17, 15) is 18.0 Å². The number of anilines is 1. The number of carbonyl (C=O) groups excluding carboxylic acids is 2. The topological polar surface area (TPSA) is 92.6 Å². The molecule has 1 aromatic heterocycles. The van der Waals surface area contributed by atoms with Gasteiger partial charge in [0.15, 0.2) is 9.84 Å². The SMILES string of the molecule is CC(=O)N1CCC(Cn2c(C(C)(C)C)nc3cc(S(=O)(=O)Cc4ccc(N(C)C(C)=O)cc4)ccc32)CC1. The summed E-state index contributed by atoms with van der Waals surface area (Å²) in [6, 6.07) is 12.2. The Labute approximate surface area is 225 Å². The first-order valence-corrected chi connectivity index (χ1v) is 14.7. The van der Waals surface area contributed by atoms with E-state index in [0.29, 0.717) is 22.7 Å². The van der Waals surface area contributed by atoms with E-state index in [1.165, 1.54) is 11.8 Å². The minimum absolute atomic E-state index is 0.0887. The maximum absolute atomic E-state index is 13.3. The lowest BCUT2D eigenvalue weighted by molar-refractivity contribution is -0.130. The molecule has 0 radical (unpaired) electrons. The average Bonchev–Trinajstić information content (AvgIpc) is 3.22. The first-order chi connectivity index (χ1) is 17.8. The molecule has 8 nitrogen and oxygen atoms in total. The number of imidazole rings is 1. The van der Waals surface area contributed by atoms with Crippen LogP contribution in [0.1, 0.15) is 58.8 Å². The van der Waals surface area contributed by atoms with Gasteiger partial charge in [-0.05, 0) is 54.7 Å². The highest BCUT2D eigenvalue weighted by atomic mass is 32.2. The molecule has 0 bridgehead atoms. The Balaban J connectivity index is 1.60. The van der Waals surface area contributed by atoms with E-state index in [2.05, 4.69) is 25.3 Å². The quantitative estimate of drug-likeness (QED) is 0.459. The number of hydrogen-bond donors (Lipinski definition) is 0. The van der Waals surface area contributed by atoms with Gasteiger partial charge < -0.3 is 14.4 Å². The third kappa shape index (κ3) is 5.93. The number of amides is 2. The fourth-order valence-electron chi connectivity index (χ4n) is 5.05. The van der Waals surface area contributed by atoms with Crippen molar-refractivity contribution in [3.63, 3.8) is 0 Å². The zero-order valence-corrected chi connectivity index (χ0v) is 24.0. The lowest BCUT2D eigenvalue weighted by Gasteiger charge is -2.32. The number of carbonyl (C=O) groups is 2. The largest absolute Gasteiger partial charge is 0.343 e. The zero-order valence-electron chi connectivity index (χ0n) is 23.2. The molecule has 1 fully saturated rings. The van der Waals surface area contributed by atoms with Gasteiger partial charge in [-0.15, -0.1) is 0 Å². The predicted molar refractivity (Wildman–Crippen MR) is 150 cm³/mol. The Morgan fingerprint density at radius 2 is 1.66 bits per heavy atom. The number of hydrogen-bond acceptors (Lipinski definition) is 5. The van der Waals surface area contributed by atoms with Crippen LogP contribution in [-0.2, 0) is 37.1 Å². The molecule has 1 saturated heterocycles. The Hall–Kier alpha value is -3.20. The van der Waals surface area contributed by atoms with Crippen LogP contribution in [0.5, 0.6) is 0 Å². The van der Waals surface area contributed by atoms with Crippen LogP contribution in [0.15, 0.2) is 47.4 Å². The highest BCUT2D eigenvalue weighted by Gasteiger charge is 2.28. The summed E-state index contributed by atoms with van der Waals surface area (Å²) in [5.41, 5.74) is 2.76. The van der Waals surface area contributed by atoms with Crippen molar-refractivity contribution in [3.05, 3.63) is 53.9 Å². The first kappa shape index (κ1) is 27.8. The van der Waals surface area contributed by atoms with Crippen molar-refractivity contribution in [2.45, 2.75) is 70.1 Å². The van der Waals surface area contributed by atoms with E-state index < -0.39 is 9.84 Å². The molecule has 0 N–H and O–H groups in total. The Kier molecular flexibility index (Phi) is 7.70. The van der Waals surface area contributed by atoms with Crippen molar-refractivity contribution in [2.24, 2.45) is 5.92 Å². The van der Waals surface area contributed by atoms with Crippen LogP contribution in [-0.4, -0.2) is 54.8 Å². The summed E-state index contributed by atoms with van der Waals surface area (Å²) in [7, 11) is -1.92. The molecule has 0 unspecified atom stereocenters. The molecule has 9 heteroatoms. The second-order valence-corrected chi connectivity index (χ2v) is 13.4. The summed E-state index contributed by atoms with van der Waals surface area (Å²) < 4.78 is 28.9. The predicted octanol–water partition coefficient (Wildman–Crippen LogP) is 4.55. The fraction of sp³-hybridized carbons (Fsp3) is 0.483. The van der Waals surface area contributed by atoms with Gasteiger partial charge >= 0.3 is 0 Å². The minimum atomic E-state index is -3.60. The molecule has 2 aromatic carbocycles. The molecular weight excluding hydrogens is 500 g/mol. The van der Waals surface area contributed by atoms with Crippen LogP contribution in [0.4, 0.5) is 5.69 Å². The Morgan fingerprint density at radius 1 is 1.03 bits per heavy atom. The molecule has 0 spiro atoms. The number of benzene rings is 2.